The lowest BCUT2D eigenvalue weighted by Gasteiger charge is -2.06. The summed E-state index contributed by atoms with van der Waals surface area (Å²) < 4.78 is 1.92. The largest absolute Gasteiger partial charge is 0.330 e. The molecule has 0 aliphatic rings. The molecule has 0 saturated heterocycles. The van der Waals surface area contributed by atoms with Gasteiger partial charge in [0.25, 0.3) is 0 Å². The van der Waals surface area contributed by atoms with Gasteiger partial charge >= 0.3 is 0 Å². The second kappa shape index (κ2) is 4.50. The lowest BCUT2D eigenvalue weighted by molar-refractivity contribution is 0.825. The van der Waals surface area contributed by atoms with Crippen molar-refractivity contribution in [3.63, 3.8) is 0 Å². The molecule has 3 aromatic heterocycles. The quantitative estimate of drug-likeness (QED) is 0.729. The third-order valence-corrected chi connectivity index (χ3v) is 2.65. The summed E-state index contributed by atoms with van der Waals surface area (Å²) in [4.78, 5) is 17.1. The van der Waals surface area contributed by atoms with Crippen LogP contribution >= 0.6 is 0 Å². The number of imidazole rings is 1. The van der Waals surface area contributed by atoms with Crippen molar-refractivity contribution in [1.82, 2.24) is 24.5 Å². The van der Waals surface area contributed by atoms with Crippen LogP contribution in [-0.4, -0.2) is 31.0 Å². The van der Waals surface area contributed by atoms with Crippen LogP contribution in [0.3, 0.4) is 0 Å². The maximum absolute atomic E-state index is 5.56. The second-order valence-electron chi connectivity index (χ2n) is 3.82. The Morgan fingerprint density at radius 2 is 1.94 bits per heavy atom. The zero-order chi connectivity index (χ0) is 12.4. The molecule has 3 rings (SSSR count). The van der Waals surface area contributed by atoms with Crippen molar-refractivity contribution in [2.45, 2.75) is 6.42 Å². The highest BCUT2D eigenvalue weighted by atomic mass is 15.1. The van der Waals surface area contributed by atoms with Gasteiger partial charge in [0, 0.05) is 31.2 Å². The first-order valence-corrected chi connectivity index (χ1v) is 5.69. The standard InChI is InChI=1S/C12H12N6/c13-4-3-10-15-7-8-18(10)11-2-1-9-12(17-11)16-6-5-14-9/h1-2,5-8H,3-4,13H2. The van der Waals surface area contributed by atoms with Gasteiger partial charge in [-0.3, -0.25) is 9.55 Å². The van der Waals surface area contributed by atoms with E-state index in [0.29, 0.717) is 18.6 Å². The first-order valence-electron chi connectivity index (χ1n) is 5.69. The van der Waals surface area contributed by atoms with Crippen molar-refractivity contribution in [1.29, 1.82) is 0 Å². The molecule has 3 heterocycles. The van der Waals surface area contributed by atoms with Gasteiger partial charge in [-0.2, -0.15) is 0 Å². The number of nitrogens with two attached hydrogens (primary N) is 1. The number of hydrogen-bond acceptors (Lipinski definition) is 5. The van der Waals surface area contributed by atoms with E-state index in [1.54, 1.807) is 18.6 Å². The maximum Gasteiger partial charge on any atom is 0.180 e. The molecular formula is C12H12N6. The van der Waals surface area contributed by atoms with E-state index in [-0.39, 0.29) is 0 Å². The number of nitrogens with zero attached hydrogens (tertiary/aromatic N) is 5. The summed E-state index contributed by atoms with van der Waals surface area (Å²) in [5, 5.41) is 0. The Morgan fingerprint density at radius 3 is 2.83 bits per heavy atom. The van der Waals surface area contributed by atoms with Gasteiger partial charge < -0.3 is 5.73 Å². The molecule has 0 amide bonds. The van der Waals surface area contributed by atoms with Gasteiger partial charge in [-0.1, -0.05) is 0 Å². The minimum Gasteiger partial charge on any atom is -0.330 e. The first-order chi connectivity index (χ1) is 8.88. The van der Waals surface area contributed by atoms with Gasteiger partial charge in [0.1, 0.15) is 17.2 Å². The van der Waals surface area contributed by atoms with E-state index in [1.807, 2.05) is 22.9 Å². The molecule has 18 heavy (non-hydrogen) atoms. The van der Waals surface area contributed by atoms with Crippen molar-refractivity contribution < 1.29 is 0 Å². The Balaban J connectivity index is 2.10. The van der Waals surface area contributed by atoms with Crippen molar-refractivity contribution in [2.75, 3.05) is 6.54 Å². The van der Waals surface area contributed by atoms with E-state index in [2.05, 4.69) is 19.9 Å². The molecule has 2 N–H and O–H groups in total. The van der Waals surface area contributed by atoms with E-state index in [0.717, 1.165) is 17.2 Å². The topological polar surface area (TPSA) is 82.5 Å². The Kier molecular flexibility index (Phi) is 2.70. The molecule has 0 atom stereocenters. The Hall–Kier alpha value is -2.34. The van der Waals surface area contributed by atoms with Crippen molar-refractivity contribution in [3.8, 4) is 5.82 Å². The zero-order valence-electron chi connectivity index (χ0n) is 9.69. The number of fused-ring (bicyclic) bond motifs is 1. The molecule has 0 radical (unpaired) electrons. The summed E-state index contributed by atoms with van der Waals surface area (Å²) in [5.74, 6) is 1.68. The van der Waals surface area contributed by atoms with E-state index < -0.39 is 0 Å². The highest BCUT2D eigenvalue weighted by Gasteiger charge is 2.06. The summed E-state index contributed by atoms with van der Waals surface area (Å²) in [6.07, 6.45) is 7.62. The average Bonchev–Trinajstić information content (AvgIpc) is 2.87. The molecular weight excluding hydrogens is 228 g/mol. The fourth-order valence-corrected chi connectivity index (χ4v) is 1.84. The first kappa shape index (κ1) is 10.8. The van der Waals surface area contributed by atoms with Gasteiger partial charge in [0.2, 0.25) is 0 Å². The van der Waals surface area contributed by atoms with E-state index in [9.17, 15) is 0 Å². The minimum atomic E-state index is 0.560. The van der Waals surface area contributed by atoms with Crippen molar-refractivity contribution in [3.05, 3.63) is 42.7 Å². The summed E-state index contributed by atoms with van der Waals surface area (Å²) in [5.41, 5.74) is 6.97. The fourth-order valence-electron chi connectivity index (χ4n) is 1.84. The van der Waals surface area contributed by atoms with Crippen LogP contribution in [0.5, 0.6) is 0 Å². The predicted molar refractivity (Wildman–Crippen MR) is 67.2 cm³/mol. The molecule has 6 nitrogen and oxygen atoms in total. The second-order valence-corrected chi connectivity index (χ2v) is 3.82. The Labute approximate surface area is 104 Å². The van der Waals surface area contributed by atoms with Crippen LogP contribution in [0.15, 0.2) is 36.9 Å². The molecule has 0 unspecified atom stereocenters. The van der Waals surface area contributed by atoms with Crippen LogP contribution < -0.4 is 5.73 Å². The molecule has 0 aromatic carbocycles. The van der Waals surface area contributed by atoms with Gasteiger partial charge in [0.15, 0.2) is 5.65 Å². The van der Waals surface area contributed by atoms with Crippen molar-refractivity contribution >= 4 is 11.2 Å². The highest BCUT2D eigenvalue weighted by Crippen LogP contribution is 2.12. The Morgan fingerprint density at radius 1 is 1.06 bits per heavy atom. The van der Waals surface area contributed by atoms with Gasteiger partial charge in [-0.05, 0) is 18.7 Å². The SMILES string of the molecule is NCCc1nccn1-c1ccc2nccnc2n1. The highest BCUT2D eigenvalue weighted by molar-refractivity contribution is 5.70. The normalized spacial score (nSPS) is 10.9. The summed E-state index contributed by atoms with van der Waals surface area (Å²) in [6, 6.07) is 3.80. The van der Waals surface area contributed by atoms with Crippen LogP contribution in [-0.2, 0) is 6.42 Å². The maximum atomic E-state index is 5.56. The number of rotatable bonds is 3. The number of pyridine rings is 1. The van der Waals surface area contributed by atoms with Crippen LogP contribution in [0.25, 0.3) is 17.0 Å². The minimum absolute atomic E-state index is 0.560. The molecule has 0 bridgehead atoms. The van der Waals surface area contributed by atoms with Crippen molar-refractivity contribution in [2.24, 2.45) is 5.73 Å². The fraction of sp³-hybridized carbons (Fsp3) is 0.167. The van der Waals surface area contributed by atoms with Gasteiger partial charge in [0.05, 0.1) is 0 Å². The number of aromatic nitrogens is 5. The zero-order valence-corrected chi connectivity index (χ0v) is 9.69. The predicted octanol–water partition coefficient (Wildman–Crippen LogP) is 0.712. The summed E-state index contributed by atoms with van der Waals surface area (Å²) in [6.45, 7) is 0.560. The van der Waals surface area contributed by atoms with E-state index in [4.69, 9.17) is 5.73 Å². The molecule has 0 saturated carbocycles. The van der Waals surface area contributed by atoms with Crippen LogP contribution in [0.4, 0.5) is 0 Å². The molecule has 0 spiro atoms. The summed E-state index contributed by atoms with van der Waals surface area (Å²) in [7, 11) is 0. The van der Waals surface area contributed by atoms with Crippen LogP contribution in [0, 0.1) is 0 Å². The molecule has 0 aliphatic heterocycles. The average molecular weight is 240 g/mol. The van der Waals surface area contributed by atoms with Gasteiger partial charge in [-0.15, -0.1) is 0 Å². The molecule has 0 aliphatic carbocycles. The lowest BCUT2D eigenvalue weighted by atomic mass is 10.3. The molecule has 90 valence electrons. The lowest BCUT2D eigenvalue weighted by Crippen LogP contribution is -2.09. The molecule has 0 fully saturated rings. The van der Waals surface area contributed by atoms with Crippen LogP contribution in [0.1, 0.15) is 5.82 Å². The number of hydrogen-bond donors (Lipinski definition) is 1. The van der Waals surface area contributed by atoms with Gasteiger partial charge in [-0.25, -0.2) is 15.0 Å². The third-order valence-electron chi connectivity index (χ3n) is 2.65. The smallest absolute Gasteiger partial charge is 0.180 e. The third kappa shape index (κ3) is 1.82. The summed E-state index contributed by atoms with van der Waals surface area (Å²) >= 11 is 0. The van der Waals surface area contributed by atoms with E-state index >= 15 is 0 Å². The monoisotopic (exact) mass is 240 g/mol. The Bertz CT molecular complexity index is 675. The molecule has 6 heteroatoms. The molecule has 3 aromatic rings. The van der Waals surface area contributed by atoms with Crippen LogP contribution in [0.2, 0.25) is 0 Å². The van der Waals surface area contributed by atoms with E-state index in [1.165, 1.54) is 0 Å².